The molecular weight excluding hydrogens is 242 g/mol. The Kier molecular flexibility index (Phi) is 3.91. The van der Waals surface area contributed by atoms with Gasteiger partial charge in [0.25, 0.3) is 5.91 Å². The van der Waals surface area contributed by atoms with E-state index in [1.54, 1.807) is 18.4 Å². The van der Waals surface area contributed by atoms with Crippen molar-refractivity contribution < 1.29 is 14.3 Å². The van der Waals surface area contributed by atoms with Crippen LogP contribution in [0.25, 0.3) is 0 Å². The summed E-state index contributed by atoms with van der Waals surface area (Å²) in [6, 6.07) is 3.39. The van der Waals surface area contributed by atoms with E-state index in [1.807, 2.05) is 0 Å². The lowest BCUT2D eigenvalue weighted by Crippen LogP contribution is -2.19. The van der Waals surface area contributed by atoms with Crippen molar-refractivity contribution in [1.82, 2.24) is 5.32 Å². The summed E-state index contributed by atoms with van der Waals surface area (Å²) in [6.07, 6.45) is 1.64. The van der Waals surface area contributed by atoms with Crippen molar-refractivity contribution in [3.63, 3.8) is 0 Å². The molecule has 1 rings (SSSR count). The first-order valence-corrected chi connectivity index (χ1v) is 5.55. The number of carbonyl (C=O) groups excluding carboxylic acids is 2. The number of hydrogen-bond acceptors (Lipinski definition) is 6. The van der Waals surface area contributed by atoms with Crippen LogP contribution < -0.4 is 5.32 Å². The molecule has 0 aliphatic carbocycles. The summed E-state index contributed by atoms with van der Waals surface area (Å²) in [7, 11) is 1.13. The molecule has 86 valence electrons. The fraction of sp³-hybridized carbons (Fsp3) is 0.200. The third kappa shape index (κ3) is 2.14. The van der Waals surface area contributed by atoms with Crippen LogP contribution in [-0.2, 0) is 14.3 Å². The van der Waals surface area contributed by atoms with Crippen LogP contribution in [0.2, 0.25) is 0 Å². The van der Waals surface area contributed by atoms with Crippen molar-refractivity contribution >= 4 is 23.6 Å². The SMILES string of the molecule is COC(=O)/C(C#N)=C1\NC(=O)C(C#N)=C1SC. The fourth-order valence-corrected chi connectivity index (χ4v) is 1.95. The highest BCUT2D eigenvalue weighted by Gasteiger charge is 2.31. The Labute approximate surface area is 102 Å². The van der Waals surface area contributed by atoms with Gasteiger partial charge in [0.15, 0.2) is 5.57 Å². The second kappa shape index (κ2) is 5.19. The molecule has 0 saturated carbocycles. The molecule has 0 aromatic rings. The second-order valence-corrected chi connectivity index (χ2v) is 3.64. The normalized spacial score (nSPS) is 17.1. The smallest absolute Gasteiger partial charge is 0.350 e. The summed E-state index contributed by atoms with van der Waals surface area (Å²) < 4.78 is 4.43. The van der Waals surface area contributed by atoms with Crippen LogP contribution in [0.5, 0.6) is 0 Å². The van der Waals surface area contributed by atoms with E-state index in [2.05, 4.69) is 10.1 Å². The van der Waals surface area contributed by atoms with Crippen LogP contribution in [0.1, 0.15) is 0 Å². The van der Waals surface area contributed by atoms with Gasteiger partial charge in [-0.1, -0.05) is 0 Å². The molecular formula is C10H7N3O3S. The van der Waals surface area contributed by atoms with Gasteiger partial charge >= 0.3 is 5.97 Å². The number of thioether (sulfide) groups is 1. The second-order valence-electron chi connectivity index (χ2n) is 2.83. The topological polar surface area (TPSA) is 103 Å². The first kappa shape index (κ1) is 12.8. The van der Waals surface area contributed by atoms with E-state index in [1.165, 1.54) is 0 Å². The summed E-state index contributed by atoms with van der Waals surface area (Å²) in [4.78, 5) is 23.0. The largest absolute Gasteiger partial charge is 0.465 e. The molecule has 1 N–H and O–H groups in total. The number of amides is 1. The summed E-state index contributed by atoms with van der Waals surface area (Å²) in [5.74, 6) is -1.47. The van der Waals surface area contributed by atoms with E-state index in [0.717, 1.165) is 18.9 Å². The molecule has 1 amide bonds. The molecule has 1 aliphatic heterocycles. The lowest BCUT2D eigenvalue weighted by molar-refractivity contribution is -0.135. The van der Waals surface area contributed by atoms with Crippen molar-refractivity contribution in [2.75, 3.05) is 13.4 Å². The third-order valence-corrected chi connectivity index (χ3v) is 2.80. The first-order chi connectivity index (χ1) is 8.10. The maximum atomic E-state index is 11.4. The predicted octanol–water partition coefficient (Wildman–Crippen LogP) is 0.208. The molecule has 7 heteroatoms. The quantitative estimate of drug-likeness (QED) is 0.426. The number of carbonyl (C=O) groups is 2. The molecule has 1 heterocycles. The molecule has 0 aromatic heterocycles. The van der Waals surface area contributed by atoms with Crippen LogP contribution in [0.15, 0.2) is 21.7 Å². The van der Waals surface area contributed by atoms with Gasteiger partial charge in [-0.15, -0.1) is 11.8 Å². The average molecular weight is 249 g/mol. The van der Waals surface area contributed by atoms with Gasteiger partial charge in [-0.2, -0.15) is 10.5 Å². The Balaban J connectivity index is 3.45. The monoisotopic (exact) mass is 249 g/mol. The molecule has 0 atom stereocenters. The van der Waals surface area contributed by atoms with Crippen LogP contribution in [0.4, 0.5) is 0 Å². The lowest BCUT2D eigenvalue weighted by Gasteiger charge is -2.04. The molecule has 0 aromatic carbocycles. The minimum Gasteiger partial charge on any atom is -0.465 e. The van der Waals surface area contributed by atoms with Gasteiger partial charge in [-0.25, -0.2) is 4.79 Å². The number of nitrogens with one attached hydrogen (secondary N) is 1. The standard InChI is InChI=1S/C10H7N3O3S/c1-16-10(15)5(3-11)7-8(17-2)6(4-12)9(14)13-7/h1-2H3,(H,13,14)/b7-5-. The van der Waals surface area contributed by atoms with Gasteiger partial charge in [-0.3, -0.25) is 4.79 Å². The predicted molar refractivity (Wildman–Crippen MR) is 59.0 cm³/mol. The number of ether oxygens (including phenoxy) is 1. The van der Waals surface area contributed by atoms with Crippen LogP contribution >= 0.6 is 11.8 Å². The Morgan fingerprint density at radius 1 is 1.47 bits per heavy atom. The molecule has 0 unspecified atom stereocenters. The summed E-state index contributed by atoms with van der Waals surface area (Å²) in [6.45, 7) is 0. The highest BCUT2D eigenvalue weighted by molar-refractivity contribution is 8.02. The zero-order valence-corrected chi connectivity index (χ0v) is 9.84. The highest BCUT2D eigenvalue weighted by Crippen LogP contribution is 2.31. The first-order valence-electron chi connectivity index (χ1n) is 4.33. The average Bonchev–Trinajstić information content (AvgIpc) is 2.65. The van der Waals surface area contributed by atoms with Crippen molar-refractivity contribution in [2.24, 2.45) is 0 Å². The molecule has 17 heavy (non-hydrogen) atoms. The Hall–Kier alpha value is -2.25. The molecule has 1 aliphatic rings. The number of rotatable bonds is 2. The summed E-state index contributed by atoms with van der Waals surface area (Å²) in [5, 5.41) is 20.0. The van der Waals surface area contributed by atoms with Crippen molar-refractivity contribution in [1.29, 1.82) is 10.5 Å². The molecule has 0 radical (unpaired) electrons. The number of methoxy groups -OCH3 is 1. The molecule has 0 fully saturated rings. The Morgan fingerprint density at radius 3 is 2.53 bits per heavy atom. The van der Waals surface area contributed by atoms with Gasteiger partial charge in [0.05, 0.1) is 17.7 Å². The summed E-state index contributed by atoms with van der Waals surface area (Å²) in [5.41, 5.74) is -0.395. The van der Waals surface area contributed by atoms with E-state index in [0.29, 0.717) is 0 Å². The summed E-state index contributed by atoms with van der Waals surface area (Å²) >= 11 is 1.11. The molecule has 0 saturated heterocycles. The van der Waals surface area contributed by atoms with Gasteiger partial charge in [0.2, 0.25) is 0 Å². The van der Waals surface area contributed by atoms with E-state index < -0.39 is 11.9 Å². The lowest BCUT2D eigenvalue weighted by atomic mass is 10.2. The minimum absolute atomic E-state index is 0.0356. The zero-order chi connectivity index (χ0) is 13.0. The maximum absolute atomic E-state index is 11.4. The van der Waals surface area contributed by atoms with E-state index in [-0.39, 0.29) is 21.7 Å². The van der Waals surface area contributed by atoms with Crippen LogP contribution in [0, 0.1) is 22.7 Å². The van der Waals surface area contributed by atoms with E-state index in [9.17, 15) is 9.59 Å². The molecule has 0 bridgehead atoms. The third-order valence-electron chi connectivity index (χ3n) is 1.99. The van der Waals surface area contributed by atoms with E-state index in [4.69, 9.17) is 10.5 Å². The minimum atomic E-state index is -0.853. The van der Waals surface area contributed by atoms with Gasteiger partial charge < -0.3 is 10.1 Å². The number of nitrogens with zero attached hydrogens (tertiary/aromatic N) is 2. The van der Waals surface area contributed by atoms with Crippen molar-refractivity contribution in [3.8, 4) is 12.1 Å². The maximum Gasteiger partial charge on any atom is 0.350 e. The fourth-order valence-electron chi connectivity index (χ4n) is 1.25. The highest BCUT2D eigenvalue weighted by atomic mass is 32.2. The van der Waals surface area contributed by atoms with Gasteiger partial charge in [0, 0.05) is 0 Å². The van der Waals surface area contributed by atoms with E-state index >= 15 is 0 Å². The number of hydrogen-bond donors (Lipinski definition) is 1. The number of nitriles is 2. The van der Waals surface area contributed by atoms with Crippen LogP contribution in [0.3, 0.4) is 0 Å². The number of esters is 1. The molecule has 6 nitrogen and oxygen atoms in total. The van der Waals surface area contributed by atoms with Crippen molar-refractivity contribution in [2.45, 2.75) is 0 Å². The van der Waals surface area contributed by atoms with Crippen molar-refractivity contribution in [3.05, 3.63) is 21.7 Å². The molecule has 0 spiro atoms. The zero-order valence-electron chi connectivity index (χ0n) is 9.03. The Morgan fingerprint density at radius 2 is 2.12 bits per heavy atom. The Bertz CT molecular complexity index is 534. The van der Waals surface area contributed by atoms with Gasteiger partial charge in [0.1, 0.15) is 17.7 Å². The van der Waals surface area contributed by atoms with Crippen LogP contribution in [-0.4, -0.2) is 25.2 Å². The van der Waals surface area contributed by atoms with Gasteiger partial charge in [-0.05, 0) is 6.26 Å².